The number of para-hydroxylation sites is 1. The van der Waals surface area contributed by atoms with Gasteiger partial charge in [0.15, 0.2) is 0 Å². The number of fused-ring (bicyclic) bond motifs is 1. The van der Waals surface area contributed by atoms with Crippen molar-refractivity contribution in [3.63, 3.8) is 0 Å². The second kappa shape index (κ2) is 6.18. The maximum Gasteiger partial charge on any atom is 0.143 e. The summed E-state index contributed by atoms with van der Waals surface area (Å²) in [5.41, 5.74) is 5.00. The maximum absolute atomic E-state index is 10.0. The van der Waals surface area contributed by atoms with Gasteiger partial charge in [-0.2, -0.15) is 0 Å². The molecule has 0 saturated heterocycles. The molecule has 0 saturated carbocycles. The van der Waals surface area contributed by atoms with Crippen LogP contribution in [0.1, 0.15) is 23.9 Å². The van der Waals surface area contributed by atoms with E-state index < -0.39 is 0 Å². The quantitative estimate of drug-likeness (QED) is 0.786. The Kier molecular flexibility index (Phi) is 4.24. The van der Waals surface area contributed by atoms with Crippen LogP contribution < -0.4 is 0 Å². The van der Waals surface area contributed by atoms with Crippen LogP contribution in [-0.4, -0.2) is 33.8 Å². The molecule has 0 atom stereocenters. The lowest BCUT2D eigenvalue weighted by Gasteiger charge is -2.16. The maximum atomic E-state index is 10.0. The molecule has 5 nitrogen and oxygen atoms in total. The second-order valence-electron chi connectivity index (χ2n) is 6.07. The van der Waals surface area contributed by atoms with E-state index in [1.807, 2.05) is 33.2 Å². The van der Waals surface area contributed by atoms with Crippen LogP contribution in [0.25, 0.3) is 22.2 Å². The van der Waals surface area contributed by atoms with Crippen LogP contribution in [0.5, 0.6) is 0 Å². The number of nitrogens with zero attached hydrogens (tertiary/aromatic N) is 3. The number of benzene rings is 1. The molecule has 0 bridgehead atoms. The van der Waals surface area contributed by atoms with Crippen LogP contribution in [0.15, 0.2) is 28.8 Å². The minimum Gasteiger partial charge on any atom is -0.392 e. The Bertz CT molecular complexity index is 830. The van der Waals surface area contributed by atoms with Crippen molar-refractivity contribution in [3.05, 3.63) is 41.3 Å². The van der Waals surface area contributed by atoms with Crippen molar-refractivity contribution < 1.29 is 9.63 Å². The molecule has 0 unspecified atom stereocenters. The average Bonchev–Trinajstić information content (AvgIpc) is 3.04. The first kappa shape index (κ1) is 15.8. The molecule has 2 heterocycles. The zero-order valence-electron chi connectivity index (χ0n) is 14.1. The predicted octanol–water partition coefficient (Wildman–Crippen LogP) is 3.18. The summed E-state index contributed by atoms with van der Waals surface area (Å²) in [6, 6.07) is 8.19. The molecule has 0 radical (unpaired) electrons. The van der Waals surface area contributed by atoms with E-state index in [1.165, 1.54) is 0 Å². The van der Waals surface area contributed by atoms with E-state index in [1.54, 1.807) is 0 Å². The summed E-state index contributed by atoms with van der Waals surface area (Å²) in [4.78, 5) is 2.12. The Balaban J connectivity index is 2.40. The molecule has 3 rings (SSSR count). The van der Waals surface area contributed by atoms with Gasteiger partial charge in [-0.1, -0.05) is 30.3 Å². The lowest BCUT2D eigenvalue weighted by atomic mass is 10.0. The number of hydrogen-bond acceptors (Lipinski definition) is 4. The van der Waals surface area contributed by atoms with Crippen molar-refractivity contribution in [2.75, 3.05) is 14.1 Å². The predicted molar refractivity (Wildman–Crippen MR) is 91.2 cm³/mol. The van der Waals surface area contributed by atoms with Gasteiger partial charge in [-0.3, -0.25) is 4.90 Å². The molecular weight excluding hydrogens is 290 g/mol. The van der Waals surface area contributed by atoms with Crippen LogP contribution >= 0.6 is 0 Å². The minimum atomic E-state index is -0.00987. The van der Waals surface area contributed by atoms with Crippen molar-refractivity contribution in [1.29, 1.82) is 0 Å². The molecule has 5 heteroatoms. The van der Waals surface area contributed by atoms with E-state index in [9.17, 15) is 5.11 Å². The van der Waals surface area contributed by atoms with E-state index >= 15 is 0 Å². The monoisotopic (exact) mass is 313 g/mol. The van der Waals surface area contributed by atoms with Gasteiger partial charge >= 0.3 is 0 Å². The van der Waals surface area contributed by atoms with Gasteiger partial charge in [-0.15, -0.1) is 0 Å². The molecule has 122 valence electrons. The first-order valence-electron chi connectivity index (χ1n) is 7.89. The van der Waals surface area contributed by atoms with E-state index in [-0.39, 0.29) is 6.61 Å². The third kappa shape index (κ3) is 2.56. The number of hydrogen-bond donors (Lipinski definition) is 1. The SMILES string of the molecule is CCc1noc(C)c1-c1c(CO)c2ccccc2n1CN(C)C. The Morgan fingerprint density at radius 2 is 2.00 bits per heavy atom. The first-order chi connectivity index (χ1) is 11.1. The number of aliphatic hydroxyl groups is 1. The number of aliphatic hydroxyl groups excluding tert-OH is 1. The first-order valence-corrected chi connectivity index (χ1v) is 7.89. The zero-order chi connectivity index (χ0) is 16.6. The highest BCUT2D eigenvalue weighted by Crippen LogP contribution is 2.37. The summed E-state index contributed by atoms with van der Waals surface area (Å²) >= 11 is 0. The summed E-state index contributed by atoms with van der Waals surface area (Å²) in [6.45, 7) is 4.71. The summed E-state index contributed by atoms with van der Waals surface area (Å²) in [6.07, 6.45) is 0.793. The Labute approximate surface area is 136 Å². The molecule has 0 spiro atoms. The lowest BCUT2D eigenvalue weighted by molar-refractivity contribution is 0.282. The fourth-order valence-electron chi connectivity index (χ4n) is 3.21. The number of aryl methyl sites for hydroxylation is 2. The van der Waals surface area contributed by atoms with Crippen molar-refractivity contribution in [1.82, 2.24) is 14.6 Å². The molecular formula is C18H23N3O2. The van der Waals surface area contributed by atoms with Crippen LogP contribution in [0, 0.1) is 6.92 Å². The van der Waals surface area contributed by atoms with Crippen molar-refractivity contribution in [2.45, 2.75) is 33.5 Å². The van der Waals surface area contributed by atoms with E-state index in [0.29, 0.717) is 0 Å². The van der Waals surface area contributed by atoms with Gasteiger partial charge in [0.05, 0.1) is 35.7 Å². The van der Waals surface area contributed by atoms with Crippen molar-refractivity contribution in [2.24, 2.45) is 0 Å². The van der Waals surface area contributed by atoms with Crippen molar-refractivity contribution in [3.8, 4) is 11.3 Å². The molecule has 0 fully saturated rings. The largest absolute Gasteiger partial charge is 0.392 e. The highest BCUT2D eigenvalue weighted by molar-refractivity contribution is 5.92. The van der Waals surface area contributed by atoms with Gasteiger partial charge in [0.1, 0.15) is 5.76 Å². The minimum absolute atomic E-state index is 0.00987. The molecule has 23 heavy (non-hydrogen) atoms. The van der Waals surface area contributed by atoms with Crippen LogP contribution in [0.3, 0.4) is 0 Å². The number of aromatic nitrogens is 2. The van der Waals surface area contributed by atoms with Gasteiger partial charge in [-0.05, 0) is 33.5 Å². The summed E-state index contributed by atoms with van der Waals surface area (Å²) in [5.74, 6) is 0.791. The second-order valence-corrected chi connectivity index (χ2v) is 6.07. The summed E-state index contributed by atoms with van der Waals surface area (Å²) in [5, 5.41) is 15.3. The van der Waals surface area contributed by atoms with E-state index in [2.05, 4.69) is 33.7 Å². The Morgan fingerprint density at radius 3 is 2.65 bits per heavy atom. The van der Waals surface area contributed by atoms with Crippen LogP contribution in [-0.2, 0) is 19.7 Å². The van der Waals surface area contributed by atoms with E-state index in [4.69, 9.17) is 4.52 Å². The molecule has 0 aliphatic heterocycles. The third-order valence-corrected chi connectivity index (χ3v) is 4.16. The lowest BCUT2D eigenvalue weighted by Crippen LogP contribution is -2.17. The average molecular weight is 313 g/mol. The smallest absolute Gasteiger partial charge is 0.143 e. The molecule has 0 aliphatic rings. The Hall–Kier alpha value is -2.11. The number of rotatable bonds is 5. The zero-order valence-corrected chi connectivity index (χ0v) is 14.1. The molecule has 3 aromatic rings. The molecule has 0 amide bonds. The third-order valence-electron chi connectivity index (χ3n) is 4.16. The molecule has 1 N–H and O–H groups in total. The normalized spacial score (nSPS) is 11.7. The standard InChI is InChI=1S/C18H23N3O2/c1-5-15-17(12(2)23-19-15)18-14(10-22)13-8-6-7-9-16(13)21(18)11-20(3)4/h6-9,22H,5,10-11H2,1-4H3. The van der Waals surface area contributed by atoms with Crippen LogP contribution in [0.2, 0.25) is 0 Å². The Morgan fingerprint density at radius 1 is 1.26 bits per heavy atom. The fourth-order valence-corrected chi connectivity index (χ4v) is 3.21. The van der Waals surface area contributed by atoms with Crippen molar-refractivity contribution >= 4 is 10.9 Å². The van der Waals surface area contributed by atoms with Gasteiger partial charge in [0.25, 0.3) is 0 Å². The van der Waals surface area contributed by atoms with Gasteiger partial charge in [0, 0.05) is 10.9 Å². The van der Waals surface area contributed by atoms with E-state index in [0.717, 1.165) is 52.3 Å². The van der Waals surface area contributed by atoms with Crippen LogP contribution in [0.4, 0.5) is 0 Å². The topological polar surface area (TPSA) is 54.4 Å². The molecule has 0 aliphatic carbocycles. The van der Waals surface area contributed by atoms with Gasteiger partial charge < -0.3 is 14.2 Å². The van der Waals surface area contributed by atoms with Gasteiger partial charge in [-0.25, -0.2) is 0 Å². The summed E-state index contributed by atoms with van der Waals surface area (Å²) in [7, 11) is 4.08. The fraction of sp³-hybridized carbons (Fsp3) is 0.389. The molecule has 2 aromatic heterocycles. The molecule has 1 aromatic carbocycles. The highest BCUT2D eigenvalue weighted by atomic mass is 16.5. The van der Waals surface area contributed by atoms with Gasteiger partial charge in [0.2, 0.25) is 0 Å². The summed E-state index contributed by atoms with van der Waals surface area (Å²) < 4.78 is 7.67. The highest BCUT2D eigenvalue weighted by Gasteiger charge is 2.24.